The van der Waals surface area contributed by atoms with Gasteiger partial charge in [-0.25, -0.2) is 4.31 Å². The number of rotatable bonds is 4. The molecule has 2 aromatic rings. The zero-order valence-corrected chi connectivity index (χ0v) is 18.4. The Morgan fingerprint density at radius 3 is 2.61 bits per heavy atom. The number of nitrogens with zero attached hydrogens (tertiary/aromatic N) is 2. The third kappa shape index (κ3) is 4.84. The van der Waals surface area contributed by atoms with Gasteiger partial charge in [0, 0.05) is 44.0 Å². The number of carbonyl (C=O) groups excluding carboxylic acids is 1. The standard InChI is InChI=1S/C18H19BrF3N3OS2/c1-11-10-24(7-8-25(11)28-16-6-5-15(19)27-16)14-4-3-12(17(26)23-2)9-13(14)18(20,21)22/h3-6,9,11H,7-8,10H2,1-2H3,(H,23,26). The number of hydrogen-bond acceptors (Lipinski definition) is 5. The molecule has 1 unspecified atom stereocenters. The lowest BCUT2D eigenvalue weighted by Crippen LogP contribution is -2.49. The molecule has 4 nitrogen and oxygen atoms in total. The average Bonchev–Trinajstić information content (AvgIpc) is 3.06. The predicted octanol–water partition coefficient (Wildman–Crippen LogP) is 5.11. The van der Waals surface area contributed by atoms with Crippen LogP contribution in [0.25, 0.3) is 0 Å². The summed E-state index contributed by atoms with van der Waals surface area (Å²) in [5.41, 5.74) is -0.649. The van der Waals surface area contributed by atoms with Crippen molar-refractivity contribution in [1.82, 2.24) is 9.62 Å². The molecule has 28 heavy (non-hydrogen) atoms. The van der Waals surface area contributed by atoms with Gasteiger partial charge in [-0.3, -0.25) is 4.79 Å². The first-order valence-corrected chi connectivity index (χ1v) is 11.0. The fourth-order valence-electron chi connectivity index (χ4n) is 3.08. The summed E-state index contributed by atoms with van der Waals surface area (Å²) >= 11 is 6.70. The summed E-state index contributed by atoms with van der Waals surface area (Å²) in [6.45, 7) is 3.60. The molecule has 1 N–H and O–H groups in total. The molecular formula is C18H19BrF3N3OS2. The maximum atomic E-state index is 13.6. The maximum Gasteiger partial charge on any atom is 0.418 e. The molecule has 1 aromatic carbocycles. The van der Waals surface area contributed by atoms with Crippen LogP contribution in [0.4, 0.5) is 18.9 Å². The van der Waals surface area contributed by atoms with Crippen molar-refractivity contribution in [3.8, 4) is 0 Å². The number of thiophene rings is 1. The maximum absolute atomic E-state index is 13.6. The minimum absolute atomic E-state index is 0.00378. The molecule has 0 aliphatic carbocycles. The predicted molar refractivity (Wildman–Crippen MR) is 111 cm³/mol. The molecule has 0 radical (unpaired) electrons. The molecule has 1 aliphatic rings. The van der Waals surface area contributed by atoms with E-state index in [1.54, 1.807) is 28.2 Å². The molecule has 2 heterocycles. The second-order valence-electron chi connectivity index (χ2n) is 6.39. The third-order valence-corrected chi connectivity index (χ3v) is 7.44. The summed E-state index contributed by atoms with van der Waals surface area (Å²) in [5, 5.41) is 2.36. The summed E-state index contributed by atoms with van der Waals surface area (Å²) in [6.07, 6.45) is -4.53. The van der Waals surface area contributed by atoms with Crippen molar-refractivity contribution in [3.05, 3.63) is 45.2 Å². The van der Waals surface area contributed by atoms with E-state index in [-0.39, 0.29) is 17.3 Å². The van der Waals surface area contributed by atoms with Crippen molar-refractivity contribution >= 4 is 50.8 Å². The van der Waals surface area contributed by atoms with Gasteiger partial charge in [-0.15, -0.1) is 11.3 Å². The lowest BCUT2D eigenvalue weighted by atomic mass is 10.0. The van der Waals surface area contributed by atoms with E-state index in [9.17, 15) is 18.0 Å². The van der Waals surface area contributed by atoms with Gasteiger partial charge in [0.25, 0.3) is 5.91 Å². The van der Waals surface area contributed by atoms with E-state index in [4.69, 9.17) is 0 Å². The highest BCUT2D eigenvalue weighted by Gasteiger charge is 2.37. The van der Waals surface area contributed by atoms with Crippen LogP contribution in [0.1, 0.15) is 22.8 Å². The smallest absolute Gasteiger partial charge is 0.368 e. The van der Waals surface area contributed by atoms with Crippen LogP contribution in [0.5, 0.6) is 0 Å². The van der Waals surface area contributed by atoms with E-state index in [0.29, 0.717) is 19.6 Å². The summed E-state index contributed by atoms with van der Waals surface area (Å²) in [6, 6.07) is 7.86. The van der Waals surface area contributed by atoms with Gasteiger partial charge in [0.15, 0.2) is 0 Å². The Kier molecular flexibility index (Phi) is 6.63. The molecule has 3 rings (SSSR count). The number of hydrogen-bond donors (Lipinski definition) is 1. The van der Waals surface area contributed by atoms with Crippen LogP contribution in [-0.2, 0) is 6.18 Å². The minimum Gasteiger partial charge on any atom is -0.368 e. The molecule has 1 fully saturated rings. The number of benzene rings is 1. The van der Waals surface area contributed by atoms with Gasteiger partial charge in [0.05, 0.1) is 13.6 Å². The van der Waals surface area contributed by atoms with Crippen molar-refractivity contribution in [1.29, 1.82) is 0 Å². The SMILES string of the molecule is CNC(=O)c1ccc(N2CCN(Sc3ccc(Br)s3)C(C)C2)c(C(F)(F)F)c1. The van der Waals surface area contributed by atoms with E-state index in [1.807, 2.05) is 19.1 Å². The molecule has 1 aliphatic heterocycles. The van der Waals surface area contributed by atoms with Crippen molar-refractivity contribution in [2.45, 2.75) is 23.4 Å². The zero-order chi connectivity index (χ0) is 20.5. The molecule has 0 bridgehead atoms. The monoisotopic (exact) mass is 493 g/mol. The van der Waals surface area contributed by atoms with Gasteiger partial charge < -0.3 is 10.2 Å². The Bertz CT molecular complexity index is 859. The Labute approximate surface area is 178 Å². The molecular weight excluding hydrogens is 475 g/mol. The molecule has 1 atom stereocenters. The fourth-order valence-corrected chi connectivity index (χ4v) is 6.01. The number of amides is 1. The zero-order valence-electron chi connectivity index (χ0n) is 15.2. The Balaban J connectivity index is 1.79. The van der Waals surface area contributed by atoms with E-state index in [0.717, 1.165) is 14.1 Å². The number of anilines is 1. The van der Waals surface area contributed by atoms with Crippen molar-refractivity contribution in [3.63, 3.8) is 0 Å². The number of halogens is 4. The lowest BCUT2D eigenvalue weighted by Gasteiger charge is -2.40. The van der Waals surface area contributed by atoms with Crippen LogP contribution in [-0.4, -0.2) is 42.9 Å². The van der Waals surface area contributed by atoms with Crippen LogP contribution in [0, 0.1) is 0 Å². The first kappa shape index (κ1) is 21.5. The Morgan fingerprint density at radius 1 is 1.29 bits per heavy atom. The fraction of sp³-hybridized carbons (Fsp3) is 0.389. The second-order valence-corrected chi connectivity index (χ2v) is 10.2. The number of piperazine rings is 1. The van der Waals surface area contributed by atoms with Crippen LogP contribution < -0.4 is 10.2 Å². The highest BCUT2D eigenvalue weighted by Crippen LogP contribution is 2.39. The number of alkyl halides is 3. The van der Waals surface area contributed by atoms with E-state index in [1.165, 1.54) is 19.2 Å². The quantitative estimate of drug-likeness (QED) is 0.600. The molecule has 1 saturated heterocycles. The van der Waals surface area contributed by atoms with Crippen LogP contribution in [0.15, 0.2) is 38.3 Å². The largest absolute Gasteiger partial charge is 0.418 e. The van der Waals surface area contributed by atoms with Gasteiger partial charge in [-0.1, -0.05) is 0 Å². The molecule has 1 aromatic heterocycles. The van der Waals surface area contributed by atoms with Crippen LogP contribution >= 0.6 is 39.2 Å². The highest BCUT2D eigenvalue weighted by atomic mass is 79.9. The van der Waals surface area contributed by atoms with Crippen LogP contribution in [0.2, 0.25) is 0 Å². The molecule has 10 heteroatoms. The summed E-state index contributed by atoms with van der Waals surface area (Å²) in [7, 11) is 1.40. The van der Waals surface area contributed by atoms with Crippen molar-refractivity contribution in [2.75, 3.05) is 31.6 Å². The molecule has 0 saturated carbocycles. The van der Waals surface area contributed by atoms with E-state index in [2.05, 4.69) is 25.6 Å². The van der Waals surface area contributed by atoms with Gasteiger partial charge in [-0.05, 0) is 65.1 Å². The van der Waals surface area contributed by atoms with E-state index >= 15 is 0 Å². The molecule has 152 valence electrons. The van der Waals surface area contributed by atoms with Gasteiger partial charge in [0.2, 0.25) is 0 Å². The van der Waals surface area contributed by atoms with Gasteiger partial charge in [0.1, 0.15) is 0 Å². The number of nitrogens with one attached hydrogen (secondary N) is 1. The average molecular weight is 494 g/mol. The summed E-state index contributed by atoms with van der Waals surface area (Å²) in [4.78, 5) is 13.5. The second kappa shape index (κ2) is 8.64. The van der Waals surface area contributed by atoms with Crippen molar-refractivity contribution < 1.29 is 18.0 Å². The normalized spacial score (nSPS) is 18.4. The van der Waals surface area contributed by atoms with Gasteiger partial charge >= 0.3 is 6.18 Å². The summed E-state index contributed by atoms with van der Waals surface area (Å²) in [5.74, 6) is -0.534. The lowest BCUT2D eigenvalue weighted by molar-refractivity contribution is -0.137. The molecule has 1 amide bonds. The Morgan fingerprint density at radius 2 is 2.04 bits per heavy atom. The topological polar surface area (TPSA) is 35.6 Å². The minimum atomic E-state index is -4.53. The van der Waals surface area contributed by atoms with Crippen molar-refractivity contribution in [2.24, 2.45) is 0 Å². The van der Waals surface area contributed by atoms with Gasteiger partial charge in [-0.2, -0.15) is 13.2 Å². The van der Waals surface area contributed by atoms with E-state index < -0.39 is 17.6 Å². The molecule has 0 spiro atoms. The Hall–Kier alpha value is -1.23. The first-order valence-electron chi connectivity index (χ1n) is 8.57. The highest BCUT2D eigenvalue weighted by molar-refractivity contribution is 9.11. The van der Waals surface area contributed by atoms with Crippen LogP contribution in [0.3, 0.4) is 0 Å². The summed E-state index contributed by atoms with van der Waals surface area (Å²) < 4.78 is 45.3. The number of carbonyl (C=O) groups is 1. The first-order chi connectivity index (χ1) is 13.2. The third-order valence-electron chi connectivity index (χ3n) is 4.45.